The summed E-state index contributed by atoms with van der Waals surface area (Å²) < 4.78 is 4.93. The van der Waals surface area contributed by atoms with Gasteiger partial charge in [-0.3, -0.25) is 0 Å². The molecule has 0 atom stereocenters. The highest BCUT2D eigenvalue weighted by atomic mass is 16.5. The molecule has 0 bridgehead atoms. The fourth-order valence-corrected chi connectivity index (χ4v) is 1.28. The van der Waals surface area contributed by atoms with E-state index in [2.05, 4.69) is 6.58 Å². The maximum Gasteiger partial charge on any atom is 0.0859 e. The average Bonchev–Trinajstić information content (AvgIpc) is 1.94. The molecule has 56 valence electrons. The van der Waals surface area contributed by atoms with Crippen LogP contribution in [0.5, 0.6) is 0 Å². The maximum atomic E-state index is 4.93. The average molecular weight is 138 g/mol. The maximum absolute atomic E-state index is 4.93. The first-order chi connectivity index (χ1) is 4.84. The third-order valence-corrected chi connectivity index (χ3v) is 1.89. The van der Waals surface area contributed by atoms with Gasteiger partial charge >= 0.3 is 0 Å². The predicted octanol–water partition coefficient (Wildman–Crippen LogP) is 2.65. The first-order valence-corrected chi connectivity index (χ1v) is 3.74. The lowest BCUT2D eigenvalue weighted by molar-refractivity contribution is 0.332. The summed E-state index contributed by atoms with van der Waals surface area (Å²) in [7, 11) is 1.69. The van der Waals surface area contributed by atoms with Crippen LogP contribution in [-0.2, 0) is 4.74 Å². The van der Waals surface area contributed by atoms with Gasteiger partial charge in [0, 0.05) is 0 Å². The molecule has 0 aromatic heterocycles. The Hall–Kier alpha value is -0.720. The van der Waals surface area contributed by atoms with Gasteiger partial charge in [-0.25, -0.2) is 0 Å². The molecule has 1 rings (SSSR count). The fourth-order valence-electron chi connectivity index (χ4n) is 1.28. The minimum Gasteiger partial charge on any atom is -0.504 e. The van der Waals surface area contributed by atoms with E-state index >= 15 is 0 Å². The lowest BCUT2D eigenvalue weighted by atomic mass is 9.92. The van der Waals surface area contributed by atoms with E-state index in [1.165, 1.54) is 24.0 Å². The Labute approximate surface area is 62.4 Å². The molecule has 0 aromatic carbocycles. The Morgan fingerprint density at radius 3 is 2.70 bits per heavy atom. The molecule has 0 aliphatic heterocycles. The van der Waals surface area contributed by atoms with E-state index in [4.69, 9.17) is 4.74 Å². The number of ether oxygens (including phenoxy) is 1. The van der Waals surface area contributed by atoms with Crippen LogP contribution < -0.4 is 0 Å². The first kappa shape index (κ1) is 7.39. The summed E-state index contributed by atoms with van der Waals surface area (Å²) in [5.74, 6) is 0. The van der Waals surface area contributed by atoms with Crippen molar-refractivity contribution in [3.05, 3.63) is 24.0 Å². The van der Waals surface area contributed by atoms with Crippen molar-refractivity contribution < 1.29 is 4.74 Å². The Balaban J connectivity index is 2.56. The monoisotopic (exact) mass is 138 g/mol. The second kappa shape index (κ2) is 3.45. The summed E-state index contributed by atoms with van der Waals surface area (Å²) in [6.45, 7) is 3.97. The summed E-state index contributed by atoms with van der Waals surface area (Å²) in [4.78, 5) is 0. The minimum atomic E-state index is 1.15. The predicted molar refractivity (Wildman–Crippen MR) is 42.7 cm³/mol. The Morgan fingerprint density at radius 2 is 2.10 bits per heavy atom. The highest BCUT2D eigenvalue weighted by molar-refractivity contribution is 5.28. The third kappa shape index (κ3) is 1.63. The van der Waals surface area contributed by atoms with Gasteiger partial charge in [0.2, 0.25) is 0 Å². The van der Waals surface area contributed by atoms with Crippen LogP contribution in [-0.4, -0.2) is 7.11 Å². The second-order valence-electron chi connectivity index (χ2n) is 2.69. The van der Waals surface area contributed by atoms with Crippen molar-refractivity contribution in [3.8, 4) is 0 Å². The molecule has 1 heteroatoms. The molecule has 0 unspecified atom stereocenters. The summed E-state index contributed by atoms with van der Waals surface area (Å²) in [5, 5.41) is 0. The van der Waals surface area contributed by atoms with E-state index in [9.17, 15) is 0 Å². The standard InChI is InChI=1S/C9H14O/c1-8-5-3-4-6-9(8)7-10-2/h7H,1,3-6H2,2H3/b9-7+. The first-order valence-electron chi connectivity index (χ1n) is 3.74. The zero-order valence-corrected chi connectivity index (χ0v) is 6.52. The molecular weight excluding hydrogens is 124 g/mol. The molecule has 0 amide bonds. The van der Waals surface area contributed by atoms with Crippen molar-refractivity contribution in [1.29, 1.82) is 0 Å². The minimum absolute atomic E-state index is 1.15. The van der Waals surface area contributed by atoms with Crippen molar-refractivity contribution in [1.82, 2.24) is 0 Å². The van der Waals surface area contributed by atoms with Crippen LogP contribution in [0.15, 0.2) is 24.0 Å². The number of hydrogen-bond acceptors (Lipinski definition) is 1. The number of rotatable bonds is 1. The molecule has 1 nitrogen and oxygen atoms in total. The number of hydrogen-bond donors (Lipinski definition) is 0. The topological polar surface area (TPSA) is 9.23 Å². The van der Waals surface area contributed by atoms with Gasteiger partial charge in [-0.05, 0) is 36.8 Å². The number of methoxy groups -OCH3 is 1. The zero-order valence-electron chi connectivity index (χ0n) is 6.52. The van der Waals surface area contributed by atoms with Gasteiger partial charge in [-0.1, -0.05) is 6.58 Å². The van der Waals surface area contributed by atoms with Crippen molar-refractivity contribution in [3.63, 3.8) is 0 Å². The lowest BCUT2D eigenvalue weighted by Gasteiger charge is -2.15. The molecular formula is C9H14O. The Morgan fingerprint density at radius 1 is 1.40 bits per heavy atom. The van der Waals surface area contributed by atoms with Gasteiger partial charge in [-0.2, -0.15) is 0 Å². The number of allylic oxidation sites excluding steroid dienone is 2. The van der Waals surface area contributed by atoms with Gasteiger partial charge in [0.05, 0.1) is 13.4 Å². The molecule has 1 saturated carbocycles. The normalized spacial score (nSPS) is 23.3. The molecule has 1 aliphatic carbocycles. The van der Waals surface area contributed by atoms with Crippen LogP contribution in [0.25, 0.3) is 0 Å². The van der Waals surface area contributed by atoms with Crippen LogP contribution in [0.1, 0.15) is 25.7 Å². The molecule has 0 N–H and O–H groups in total. The molecule has 1 aliphatic rings. The van der Waals surface area contributed by atoms with Crippen molar-refractivity contribution in [2.45, 2.75) is 25.7 Å². The fraction of sp³-hybridized carbons (Fsp3) is 0.556. The third-order valence-electron chi connectivity index (χ3n) is 1.89. The highest BCUT2D eigenvalue weighted by Crippen LogP contribution is 2.26. The van der Waals surface area contributed by atoms with E-state index < -0.39 is 0 Å². The molecule has 0 saturated heterocycles. The molecule has 0 radical (unpaired) electrons. The van der Waals surface area contributed by atoms with E-state index in [1.807, 2.05) is 6.26 Å². The van der Waals surface area contributed by atoms with E-state index in [0.717, 1.165) is 12.8 Å². The van der Waals surface area contributed by atoms with Crippen LogP contribution in [0.4, 0.5) is 0 Å². The zero-order chi connectivity index (χ0) is 7.40. The summed E-state index contributed by atoms with van der Waals surface area (Å²) in [6, 6.07) is 0. The van der Waals surface area contributed by atoms with E-state index in [-0.39, 0.29) is 0 Å². The van der Waals surface area contributed by atoms with Gasteiger partial charge < -0.3 is 4.74 Å². The lowest BCUT2D eigenvalue weighted by Crippen LogP contribution is -1.97. The van der Waals surface area contributed by atoms with Crippen LogP contribution in [0, 0.1) is 0 Å². The quantitative estimate of drug-likeness (QED) is 0.506. The SMILES string of the molecule is C=C1CCCC/C1=C\OC. The molecule has 1 fully saturated rings. The van der Waals surface area contributed by atoms with Gasteiger partial charge in [0.15, 0.2) is 0 Å². The summed E-state index contributed by atoms with van der Waals surface area (Å²) in [5.41, 5.74) is 2.56. The molecule has 0 spiro atoms. The van der Waals surface area contributed by atoms with Crippen molar-refractivity contribution in [2.24, 2.45) is 0 Å². The molecule has 10 heavy (non-hydrogen) atoms. The highest BCUT2D eigenvalue weighted by Gasteiger charge is 2.08. The van der Waals surface area contributed by atoms with Crippen LogP contribution >= 0.6 is 0 Å². The molecule has 0 aromatic rings. The second-order valence-corrected chi connectivity index (χ2v) is 2.69. The molecule has 0 heterocycles. The van der Waals surface area contributed by atoms with Gasteiger partial charge in [-0.15, -0.1) is 0 Å². The van der Waals surface area contributed by atoms with Crippen molar-refractivity contribution >= 4 is 0 Å². The summed E-state index contributed by atoms with van der Waals surface area (Å²) in [6.07, 6.45) is 6.69. The van der Waals surface area contributed by atoms with Gasteiger partial charge in [0.1, 0.15) is 0 Å². The van der Waals surface area contributed by atoms with Crippen molar-refractivity contribution in [2.75, 3.05) is 7.11 Å². The van der Waals surface area contributed by atoms with Crippen LogP contribution in [0.3, 0.4) is 0 Å². The Bertz CT molecular complexity index is 156. The summed E-state index contributed by atoms with van der Waals surface area (Å²) >= 11 is 0. The van der Waals surface area contributed by atoms with Crippen LogP contribution in [0.2, 0.25) is 0 Å². The van der Waals surface area contributed by atoms with Gasteiger partial charge in [0.25, 0.3) is 0 Å². The smallest absolute Gasteiger partial charge is 0.0859 e. The van der Waals surface area contributed by atoms with E-state index in [0.29, 0.717) is 0 Å². The van der Waals surface area contributed by atoms with E-state index in [1.54, 1.807) is 7.11 Å². The largest absolute Gasteiger partial charge is 0.504 e. The Kier molecular flexibility index (Phi) is 2.55.